The van der Waals surface area contributed by atoms with Crippen LogP contribution in [-0.4, -0.2) is 35.8 Å². The summed E-state index contributed by atoms with van der Waals surface area (Å²) < 4.78 is 5.06. The lowest BCUT2D eigenvalue weighted by atomic mass is 10.2. The third-order valence-corrected chi connectivity index (χ3v) is 2.92. The van der Waals surface area contributed by atoms with Gasteiger partial charge in [-0.25, -0.2) is 0 Å². The fourth-order valence-corrected chi connectivity index (χ4v) is 1.82. The first-order valence-electron chi connectivity index (χ1n) is 6.84. The molecule has 0 saturated carbocycles. The number of esters is 1. The molecule has 0 N–H and O–H groups in total. The van der Waals surface area contributed by atoms with E-state index >= 15 is 0 Å². The minimum absolute atomic E-state index is 0.241. The quantitative estimate of drug-likeness (QED) is 0.363. The summed E-state index contributed by atoms with van der Waals surface area (Å²) in [5.41, 5.74) is 0. The molecule has 0 aliphatic carbocycles. The first kappa shape index (κ1) is 15.4. The van der Waals surface area contributed by atoms with Crippen molar-refractivity contribution in [2.45, 2.75) is 45.4 Å². The molecule has 5 nitrogen and oxygen atoms in total. The zero-order valence-corrected chi connectivity index (χ0v) is 11.4. The Kier molecular flexibility index (Phi) is 6.85. The number of hydrogen-bond donors (Lipinski definition) is 0. The lowest BCUT2D eigenvalue weighted by molar-refractivity contribution is -0.145. The molecule has 1 aliphatic rings. The highest BCUT2D eigenvalue weighted by Crippen LogP contribution is 2.06. The van der Waals surface area contributed by atoms with E-state index in [2.05, 4.69) is 6.92 Å². The van der Waals surface area contributed by atoms with Crippen molar-refractivity contribution in [3.8, 4) is 0 Å². The van der Waals surface area contributed by atoms with Crippen LogP contribution in [0.3, 0.4) is 0 Å². The summed E-state index contributed by atoms with van der Waals surface area (Å²) in [6, 6.07) is 0. The van der Waals surface area contributed by atoms with Gasteiger partial charge in [-0.1, -0.05) is 26.2 Å². The van der Waals surface area contributed by atoms with E-state index in [0.29, 0.717) is 13.0 Å². The van der Waals surface area contributed by atoms with Gasteiger partial charge >= 0.3 is 5.97 Å². The monoisotopic (exact) mass is 267 g/mol. The molecule has 5 heteroatoms. The molecule has 0 unspecified atom stereocenters. The summed E-state index contributed by atoms with van der Waals surface area (Å²) in [5.74, 6) is -0.876. The van der Waals surface area contributed by atoms with Gasteiger partial charge in [0, 0.05) is 25.1 Å². The zero-order chi connectivity index (χ0) is 14.1. The number of imide groups is 1. The lowest BCUT2D eigenvalue weighted by Gasteiger charge is -2.12. The highest BCUT2D eigenvalue weighted by Gasteiger charge is 2.22. The number of rotatable bonds is 9. The van der Waals surface area contributed by atoms with Crippen molar-refractivity contribution in [3.63, 3.8) is 0 Å². The number of nitrogens with zero attached hydrogens (tertiary/aromatic N) is 1. The number of carbonyl (C=O) groups is 3. The maximum Gasteiger partial charge on any atom is 0.305 e. The predicted molar refractivity (Wildman–Crippen MR) is 70.2 cm³/mol. The van der Waals surface area contributed by atoms with Gasteiger partial charge in [0.05, 0.1) is 6.61 Å². The Hall–Kier alpha value is -1.65. The zero-order valence-electron chi connectivity index (χ0n) is 11.4. The SMILES string of the molecule is CCCCCCOC(=O)CCCN1C(=O)C=CC1=O. The van der Waals surface area contributed by atoms with Crippen LogP contribution in [0.25, 0.3) is 0 Å². The van der Waals surface area contributed by atoms with E-state index in [1.165, 1.54) is 12.2 Å². The van der Waals surface area contributed by atoms with Crippen molar-refractivity contribution < 1.29 is 19.1 Å². The van der Waals surface area contributed by atoms with Gasteiger partial charge < -0.3 is 4.74 Å². The van der Waals surface area contributed by atoms with E-state index < -0.39 is 0 Å². The van der Waals surface area contributed by atoms with E-state index in [-0.39, 0.29) is 30.7 Å². The summed E-state index contributed by atoms with van der Waals surface area (Å²) in [4.78, 5) is 35.0. The number of amides is 2. The highest BCUT2D eigenvalue weighted by molar-refractivity contribution is 6.12. The van der Waals surface area contributed by atoms with E-state index in [1.54, 1.807) is 0 Å². The van der Waals surface area contributed by atoms with Crippen molar-refractivity contribution in [3.05, 3.63) is 12.2 Å². The number of unbranched alkanes of at least 4 members (excludes halogenated alkanes) is 3. The van der Waals surface area contributed by atoms with E-state index in [4.69, 9.17) is 4.74 Å². The Balaban J connectivity index is 2.04. The molecular formula is C14H21NO4. The van der Waals surface area contributed by atoms with Crippen LogP contribution in [0.15, 0.2) is 12.2 Å². The minimum atomic E-state index is -0.307. The molecule has 0 spiro atoms. The second kappa shape index (κ2) is 8.45. The molecule has 0 aromatic rings. The van der Waals surface area contributed by atoms with Gasteiger partial charge in [-0.2, -0.15) is 0 Å². The van der Waals surface area contributed by atoms with Crippen LogP contribution in [0.1, 0.15) is 45.4 Å². The summed E-state index contributed by atoms with van der Waals surface area (Å²) in [6.07, 6.45) is 7.46. The largest absolute Gasteiger partial charge is 0.466 e. The van der Waals surface area contributed by atoms with Crippen LogP contribution in [0.4, 0.5) is 0 Å². The van der Waals surface area contributed by atoms with Gasteiger partial charge in [0.2, 0.25) is 0 Å². The molecule has 1 aliphatic heterocycles. The van der Waals surface area contributed by atoms with Crippen molar-refractivity contribution in [2.75, 3.05) is 13.2 Å². The molecule has 0 saturated heterocycles. The Labute approximate surface area is 113 Å². The van der Waals surface area contributed by atoms with Gasteiger partial charge in [0.15, 0.2) is 0 Å². The molecule has 0 fully saturated rings. The van der Waals surface area contributed by atoms with E-state index in [1.807, 2.05) is 0 Å². The topological polar surface area (TPSA) is 63.7 Å². The summed E-state index contributed by atoms with van der Waals surface area (Å²) >= 11 is 0. The molecule has 19 heavy (non-hydrogen) atoms. The molecule has 1 rings (SSSR count). The first-order valence-corrected chi connectivity index (χ1v) is 6.84. The van der Waals surface area contributed by atoms with E-state index in [9.17, 15) is 14.4 Å². The first-order chi connectivity index (χ1) is 9.15. The van der Waals surface area contributed by atoms with Crippen LogP contribution in [-0.2, 0) is 19.1 Å². The molecular weight excluding hydrogens is 246 g/mol. The van der Waals surface area contributed by atoms with Crippen LogP contribution in [0.2, 0.25) is 0 Å². The average Bonchev–Trinajstić information content (AvgIpc) is 2.70. The maximum absolute atomic E-state index is 11.4. The number of carbonyl (C=O) groups excluding carboxylic acids is 3. The summed E-state index contributed by atoms with van der Waals surface area (Å²) in [7, 11) is 0. The summed E-state index contributed by atoms with van der Waals surface area (Å²) in [5, 5.41) is 0. The van der Waals surface area contributed by atoms with Gasteiger partial charge in [-0.15, -0.1) is 0 Å². The van der Waals surface area contributed by atoms with Crippen LogP contribution >= 0.6 is 0 Å². The Morgan fingerprint density at radius 2 is 1.79 bits per heavy atom. The molecule has 0 aromatic heterocycles. The molecule has 1 heterocycles. The van der Waals surface area contributed by atoms with Gasteiger partial charge in [0.25, 0.3) is 11.8 Å². The normalized spacial score (nSPS) is 14.3. The molecule has 2 amide bonds. The second-order valence-electron chi connectivity index (χ2n) is 4.55. The molecule has 0 aromatic carbocycles. The number of hydrogen-bond acceptors (Lipinski definition) is 4. The van der Waals surface area contributed by atoms with Crippen molar-refractivity contribution in [2.24, 2.45) is 0 Å². The number of ether oxygens (including phenoxy) is 1. The molecule has 106 valence electrons. The lowest BCUT2D eigenvalue weighted by Crippen LogP contribution is -2.31. The molecule has 0 atom stereocenters. The maximum atomic E-state index is 11.4. The van der Waals surface area contributed by atoms with Crippen molar-refractivity contribution >= 4 is 17.8 Å². The van der Waals surface area contributed by atoms with Crippen molar-refractivity contribution in [1.82, 2.24) is 4.90 Å². The van der Waals surface area contributed by atoms with Crippen LogP contribution in [0.5, 0.6) is 0 Å². The van der Waals surface area contributed by atoms with E-state index in [0.717, 1.165) is 30.6 Å². The average molecular weight is 267 g/mol. The fraction of sp³-hybridized carbons (Fsp3) is 0.643. The highest BCUT2D eigenvalue weighted by atomic mass is 16.5. The third kappa shape index (κ3) is 5.68. The van der Waals surface area contributed by atoms with Gasteiger partial charge in [-0.05, 0) is 12.8 Å². The van der Waals surface area contributed by atoms with Gasteiger partial charge in [0.1, 0.15) is 0 Å². The van der Waals surface area contributed by atoms with Crippen LogP contribution in [0, 0.1) is 0 Å². The second-order valence-corrected chi connectivity index (χ2v) is 4.55. The molecule has 0 bridgehead atoms. The summed E-state index contributed by atoms with van der Waals surface area (Å²) in [6.45, 7) is 2.86. The predicted octanol–water partition coefficient (Wildman–Crippen LogP) is 1.82. The minimum Gasteiger partial charge on any atom is -0.466 e. The Morgan fingerprint density at radius 1 is 1.11 bits per heavy atom. The van der Waals surface area contributed by atoms with Crippen LogP contribution < -0.4 is 0 Å². The smallest absolute Gasteiger partial charge is 0.305 e. The standard InChI is InChI=1S/C14H21NO4/c1-2-3-4-5-11-19-14(18)7-6-10-15-12(16)8-9-13(15)17/h8-9H,2-7,10-11H2,1H3. The fourth-order valence-electron chi connectivity index (χ4n) is 1.82. The van der Waals surface area contributed by atoms with Gasteiger partial charge in [-0.3, -0.25) is 19.3 Å². The Bertz CT molecular complexity index is 344. The van der Waals surface area contributed by atoms with Crippen molar-refractivity contribution in [1.29, 1.82) is 0 Å². The Morgan fingerprint density at radius 3 is 2.42 bits per heavy atom. The third-order valence-electron chi connectivity index (χ3n) is 2.92. The molecule has 0 radical (unpaired) electrons.